The maximum absolute atomic E-state index is 7.28. The molecule has 1 fully saturated rings. The molecule has 1 radical (unpaired) electrons. The van der Waals surface area contributed by atoms with Gasteiger partial charge < -0.3 is 14.0 Å². The molecule has 10 rings (SSSR count). The quantitative estimate of drug-likeness (QED) is 0.143. The minimum Gasteiger partial charge on any atom is -0.499 e. The van der Waals surface area contributed by atoms with Crippen molar-refractivity contribution in [2.24, 2.45) is 0 Å². The van der Waals surface area contributed by atoms with Crippen LogP contribution in [0.5, 0.6) is 0 Å². The Labute approximate surface area is 395 Å². The standard InChI is InChI=1S/C45H43N2O.C13H12N.Ir/c1-29(2)37-18-13-19-38(30(3)4)43(37)47-41-21-12-11-20-40(41)46-45(47)36-26-35-28-42(34-16-9-6-10-17-34)48-44(35)39(27-36)33-24-22-32(23-25-33)31-14-7-5-8-15-31;1-10-3-6-12(7-4-10)13-8-5-11(2)9-14-13;/h6,9-13,16-25,27-31H,5,7-8,14-15H2,1-4H3;3-6,8-9H,1-2H3;/q2*-1;/i;1D3,2D3;. The second-order valence-electron chi connectivity index (χ2n) is 17.1. The van der Waals surface area contributed by atoms with Gasteiger partial charge in [-0.15, -0.1) is 47.5 Å². The van der Waals surface area contributed by atoms with Crippen LogP contribution in [0.25, 0.3) is 72.8 Å². The molecule has 0 amide bonds. The minimum atomic E-state index is -2.18. The van der Waals surface area contributed by atoms with Crippen LogP contribution in [0.2, 0.25) is 0 Å². The number of furan rings is 1. The molecule has 1 aliphatic carbocycles. The van der Waals surface area contributed by atoms with Gasteiger partial charge in [0.1, 0.15) is 0 Å². The van der Waals surface area contributed by atoms with Gasteiger partial charge in [-0.1, -0.05) is 168 Å². The first-order valence-electron chi connectivity index (χ1n) is 24.9. The molecule has 6 aromatic carbocycles. The molecule has 3 aromatic heterocycles. The number of hydrogen-bond donors (Lipinski definition) is 0. The Kier molecular flexibility index (Phi) is 11.2. The monoisotopic (exact) mass is 1010 g/mol. The Hall–Kier alpha value is -5.87. The Balaban J connectivity index is 0.000000257. The minimum absolute atomic E-state index is 0. The van der Waals surface area contributed by atoms with Crippen LogP contribution >= 0.6 is 0 Å². The third-order valence-electron chi connectivity index (χ3n) is 12.1. The van der Waals surface area contributed by atoms with Gasteiger partial charge in [0, 0.05) is 45.8 Å². The van der Waals surface area contributed by atoms with Gasteiger partial charge in [-0.25, -0.2) is 0 Å². The van der Waals surface area contributed by atoms with Crippen molar-refractivity contribution in [2.75, 3.05) is 0 Å². The number of aromatic nitrogens is 3. The van der Waals surface area contributed by atoms with Crippen LogP contribution in [0.4, 0.5) is 0 Å². The van der Waals surface area contributed by atoms with Gasteiger partial charge >= 0.3 is 0 Å². The van der Waals surface area contributed by atoms with E-state index in [9.17, 15) is 0 Å². The van der Waals surface area contributed by atoms with Gasteiger partial charge in [0.15, 0.2) is 0 Å². The first kappa shape index (κ1) is 36.6. The fraction of sp³-hybridized carbons (Fsp3) is 0.241. The molecule has 63 heavy (non-hydrogen) atoms. The fourth-order valence-corrected chi connectivity index (χ4v) is 8.87. The Morgan fingerprint density at radius 1 is 0.698 bits per heavy atom. The van der Waals surface area contributed by atoms with Gasteiger partial charge in [-0.05, 0) is 88.7 Å². The number of para-hydroxylation sites is 3. The predicted molar refractivity (Wildman–Crippen MR) is 258 cm³/mol. The Morgan fingerprint density at radius 3 is 2.08 bits per heavy atom. The summed E-state index contributed by atoms with van der Waals surface area (Å²) >= 11 is 0. The number of nitrogens with zero attached hydrogens (tertiary/aromatic N) is 3. The first-order chi connectivity index (χ1) is 32.6. The Bertz CT molecular complexity index is 3080. The van der Waals surface area contributed by atoms with Crippen molar-refractivity contribution in [3.05, 3.63) is 186 Å². The van der Waals surface area contributed by atoms with Crippen molar-refractivity contribution in [3.8, 4) is 50.8 Å². The smallest absolute Gasteiger partial charge is 0.0914 e. The van der Waals surface area contributed by atoms with Crippen LogP contribution in [-0.4, -0.2) is 14.5 Å². The number of aryl methyl sites for hydroxylation is 2. The average molecular weight is 1010 g/mol. The van der Waals surface area contributed by atoms with E-state index in [0.29, 0.717) is 29.0 Å². The summed E-state index contributed by atoms with van der Waals surface area (Å²) in [4.78, 5) is 9.42. The number of imidazole rings is 1. The van der Waals surface area contributed by atoms with Crippen molar-refractivity contribution in [2.45, 2.75) is 91.3 Å². The molecule has 3 heterocycles. The third kappa shape index (κ3) is 9.28. The van der Waals surface area contributed by atoms with Gasteiger partial charge in [0.05, 0.1) is 28.2 Å². The van der Waals surface area contributed by atoms with Crippen LogP contribution in [0.1, 0.15) is 114 Å². The number of rotatable bonds is 8. The molecule has 0 spiro atoms. The zero-order valence-electron chi connectivity index (χ0n) is 42.2. The molecule has 0 bridgehead atoms. The second kappa shape index (κ2) is 19.3. The van der Waals surface area contributed by atoms with Crippen LogP contribution in [-0.2, 0) is 20.1 Å². The normalized spacial score (nSPS) is 14.8. The molecule has 5 heteroatoms. The SMILES string of the molecule is CC(C)c1cccc(C(C)C)c1-n1c(-c2[c-]c3cc(-c4ccccc4)oc3c(-c3ccc(C4CCCCC4)cc3)c2)nc2ccccc21.[2H]C([2H])([2H])c1c[c-]c(-c2ccc(C([2H])([2H])[2H])cn2)cc1.[Ir]. The van der Waals surface area contributed by atoms with E-state index in [0.717, 1.165) is 55.8 Å². The van der Waals surface area contributed by atoms with Crippen molar-refractivity contribution in [1.82, 2.24) is 14.5 Å². The van der Waals surface area contributed by atoms with Crippen molar-refractivity contribution < 1.29 is 32.7 Å². The van der Waals surface area contributed by atoms with Gasteiger partial charge in [-0.2, -0.15) is 0 Å². The second-order valence-corrected chi connectivity index (χ2v) is 17.1. The van der Waals surface area contributed by atoms with Gasteiger partial charge in [0.2, 0.25) is 0 Å². The zero-order valence-corrected chi connectivity index (χ0v) is 38.6. The number of fused-ring (bicyclic) bond motifs is 2. The summed E-state index contributed by atoms with van der Waals surface area (Å²) in [5.74, 6) is 3.10. The molecule has 0 saturated heterocycles. The van der Waals surface area contributed by atoms with Crippen molar-refractivity contribution in [1.29, 1.82) is 0 Å². The molecule has 319 valence electrons. The van der Waals surface area contributed by atoms with Gasteiger partial charge in [0.25, 0.3) is 0 Å². The van der Waals surface area contributed by atoms with Crippen molar-refractivity contribution in [3.63, 3.8) is 0 Å². The summed E-state index contributed by atoms with van der Waals surface area (Å²) in [5.41, 5.74) is 14.0. The van der Waals surface area contributed by atoms with E-state index in [4.69, 9.17) is 17.6 Å². The van der Waals surface area contributed by atoms with Crippen LogP contribution in [0.3, 0.4) is 0 Å². The summed E-state index contributed by atoms with van der Waals surface area (Å²) in [6.07, 6.45) is 7.91. The number of hydrogen-bond acceptors (Lipinski definition) is 3. The fourth-order valence-electron chi connectivity index (χ4n) is 8.87. The van der Waals surface area contributed by atoms with Crippen LogP contribution < -0.4 is 0 Å². The van der Waals surface area contributed by atoms with E-state index in [2.05, 4.69) is 153 Å². The summed E-state index contributed by atoms with van der Waals surface area (Å²) in [7, 11) is 0. The topological polar surface area (TPSA) is 43.9 Å². The maximum Gasteiger partial charge on any atom is 0.0914 e. The number of benzene rings is 6. The van der Waals surface area contributed by atoms with E-state index < -0.39 is 13.7 Å². The summed E-state index contributed by atoms with van der Waals surface area (Å²) in [5, 5.41) is 0.956. The van der Waals surface area contributed by atoms with E-state index in [1.165, 1.54) is 78.9 Å². The van der Waals surface area contributed by atoms with Gasteiger partial charge in [-0.3, -0.25) is 4.98 Å². The zero-order chi connectivity index (χ0) is 47.7. The number of pyridine rings is 1. The molecule has 1 aliphatic rings. The molecule has 0 N–H and O–H groups in total. The third-order valence-corrected chi connectivity index (χ3v) is 12.1. The molecular weight excluding hydrogens is 947 g/mol. The molecule has 0 aliphatic heterocycles. The summed E-state index contributed by atoms with van der Waals surface area (Å²) < 4.78 is 52.7. The van der Waals surface area contributed by atoms with E-state index >= 15 is 0 Å². The molecule has 9 aromatic rings. The maximum atomic E-state index is 7.28. The van der Waals surface area contributed by atoms with E-state index in [1.807, 2.05) is 6.07 Å². The molecule has 0 unspecified atom stereocenters. The molecule has 1 saturated carbocycles. The van der Waals surface area contributed by atoms with Crippen LogP contribution in [0, 0.1) is 25.8 Å². The largest absolute Gasteiger partial charge is 0.499 e. The molecular formula is C58H55IrN3O-2. The molecule has 0 atom stereocenters. The first-order valence-corrected chi connectivity index (χ1v) is 21.9. The summed E-state index contributed by atoms with van der Waals surface area (Å²) in [6, 6.07) is 53.5. The average Bonchev–Trinajstić information content (AvgIpc) is 3.96. The predicted octanol–water partition coefficient (Wildman–Crippen LogP) is 16.0. The van der Waals surface area contributed by atoms with Crippen molar-refractivity contribution >= 4 is 22.0 Å². The van der Waals surface area contributed by atoms with Crippen LogP contribution in [0.15, 0.2) is 150 Å². The molecule has 4 nitrogen and oxygen atoms in total. The van der Waals surface area contributed by atoms with E-state index in [-0.39, 0.29) is 31.2 Å². The van der Waals surface area contributed by atoms with E-state index in [1.54, 1.807) is 12.1 Å². The summed E-state index contributed by atoms with van der Waals surface area (Å²) in [6.45, 7) is 4.79. The Morgan fingerprint density at radius 2 is 1.41 bits per heavy atom.